The predicted octanol–water partition coefficient (Wildman–Crippen LogP) is 6.10. The lowest BCUT2D eigenvalue weighted by molar-refractivity contribution is 0.0527. The number of carbonyl (C=O) groups is 2. The number of carbonyl (C=O) groups excluding carboxylic acids is 2. The maximum atomic E-state index is 12.8. The van der Waals surface area contributed by atoms with Crippen molar-refractivity contribution in [3.63, 3.8) is 0 Å². The first kappa shape index (κ1) is 20.9. The standard InChI is InChI=1S/C25H20BrNO4/c1-3-30-25(29)23-16(2)27(19-10-5-4-6-11-19)22-13-12-20(15-21(22)23)31-24(28)17-8-7-9-18(26)14-17/h4-15H,3H2,1-2H3. The Bertz CT molecular complexity index is 1280. The number of benzene rings is 3. The van der Waals surface area contributed by atoms with Gasteiger partial charge in [-0.25, -0.2) is 9.59 Å². The van der Waals surface area contributed by atoms with E-state index in [1.807, 2.05) is 54.0 Å². The minimum Gasteiger partial charge on any atom is -0.462 e. The zero-order valence-corrected chi connectivity index (χ0v) is 18.7. The van der Waals surface area contributed by atoms with Crippen LogP contribution in [0.4, 0.5) is 0 Å². The average molecular weight is 478 g/mol. The summed E-state index contributed by atoms with van der Waals surface area (Å²) in [4.78, 5) is 25.3. The van der Waals surface area contributed by atoms with E-state index in [1.165, 1.54) is 0 Å². The minimum atomic E-state index is -0.474. The van der Waals surface area contributed by atoms with Crippen LogP contribution in [0.2, 0.25) is 0 Å². The molecule has 0 spiro atoms. The number of halogens is 1. The van der Waals surface area contributed by atoms with Crippen molar-refractivity contribution in [2.45, 2.75) is 13.8 Å². The molecule has 0 fully saturated rings. The van der Waals surface area contributed by atoms with Gasteiger partial charge >= 0.3 is 11.9 Å². The third kappa shape index (κ3) is 4.11. The van der Waals surface area contributed by atoms with Gasteiger partial charge in [-0.3, -0.25) is 0 Å². The zero-order valence-electron chi connectivity index (χ0n) is 17.1. The van der Waals surface area contributed by atoms with Gasteiger partial charge in [0.25, 0.3) is 0 Å². The molecule has 3 aromatic carbocycles. The van der Waals surface area contributed by atoms with Gasteiger partial charge in [0.2, 0.25) is 0 Å². The molecule has 0 aliphatic heterocycles. The van der Waals surface area contributed by atoms with E-state index in [-0.39, 0.29) is 6.61 Å². The molecule has 0 aliphatic carbocycles. The highest BCUT2D eigenvalue weighted by Gasteiger charge is 2.23. The second-order valence-corrected chi connectivity index (χ2v) is 7.85. The highest BCUT2D eigenvalue weighted by atomic mass is 79.9. The van der Waals surface area contributed by atoms with E-state index in [2.05, 4.69) is 15.9 Å². The van der Waals surface area contributed by atoms with Crippen molar-refractivity contribution in [2.24, 2.45) is 0 Å². The summed E-state index contributed by atoms with van der Waals surface area (Å²) in [5, 5.41) is 0.666. The number of fused-ring (bicyclic) bond motifs is 1. The number of hydrogen-bond acceptors (Lipinski definition) is 4. The molecule has 0 N–H and O–H groups in total. The maximum Gasteiger partial charge on any atom is 0.343 e. The number of ether oxygens (including phenoxy) is 2. The van der Waals surface area contributed by atoms with Crippen LogP contribution in [0.1, 0.15) is 33.3 Å². The molecule has 156 valence electrons. The molecule has 4 aromatic rings. The highest BCUT2D eigenvalue weighted by molar-refractivity contribution is 9.10. The van der Waals surface area contributed by atoms with Gasteiger partial charge in [-0.1, -0.05) is 40.2 Å². The quantitative estimate of drug-likeness (QED) is 0.257. The summed E-state index contributed by atoms with van der Waals surface area (Å²) in [5.74, 6) is -0.527. The lowest BCUT2D eigenvalue weighted by atomic mass is 10.1. The van der Waals surface area contributed by atoms with Crippen LogP contribution in [0.15, 0.2) is 77.3 Å². The van der Waals surface area contributed by atoms with Gasteiger partial charge in [0.1, 0.15) is 5.75 Å². The molecule has 0 bridgehead atoms. The van der Waals surface area contributed by atoms with E-state index in [9.17, 15) is 9.59 Å². The molecule has 1 heterocycles. The summed E-state index contributed by atoms with van der Waals surface area (Å²) in [7, 11) is 0. The van der Waals surface area contributed by atoms with Crippen LogP contribution in [0, 0.1) is 6.92 Å². The van der Waals surface area contributed by atoms with Crippen molar-refractivity contribution in [3.05, 3.63) is 94.1 Å². The summed E-state index contributed by atoms with van der Waals surface area (Å²) >= 11 is 3.36. The maximum absolute atomic E-state index is 12.8. The third-order valence-electron chi connectivity index (χ3n) is 4.94. The van der Waals surface area contributed by atoms with Crippen LogP contribution in [-0.2, 0) is 4.74 Å². The molecular formula is C25H20BrNO4. The lowest BCUT2D eigenvalue weighted by Crippen LogP contribution is -2.08. The predicted molar refractivity (Wildman–Crippen MR) is 123 cm³/mol. The Morgan fingerprint density at radius 2 is 1.71 bits per heavy atom. The molecule has 4 rings (SSSR count). The summed E-state index contributed by atoms with van der Waals surface area (Å²) in [6.07, 6.45) is 0. The molecule has 0 saturated carbocycles. The molecule has 31 heavy (non-hydrogen) atoms. The van der Waals surface area contributed by atoms with Crippen molar-refractivity contribution in [3.8, 4) is 11.4 Å². The molecule has 0 unspecified atom stereocenters. The number of aromatic nitrogens is 1. The fraction of sp³-hybridized carbons (Fsp3) is 0.120. The SMILES string of the molecule is CCOC(=O)c1c(C)n(-c2ccccc2)c2ccc(OC(=O)c3cccc(Br)c3)cc12. The summed E-state index contributed by atoms with van der Waals surface area (Å²) in [6, 6.07) is 22.1. The molecule has 0 radical (unpaired) electrons. The molecule has 6 heteroatoms. The molecule has 0 atom stereocenters. The molecule has 5 nitrogen and oxygen atoms in total. The van der Waals surface area contributed by atoms with Crippen LogP contribution in [-0.4, -0.2) is 23.1 Å². The second kappa shape index (κ2) is 8.78. The first-order chi connectivity index (χ1) is 15.0. The van der Waals surface area contributed by atoms with Crippen molar-refractivity contribution in [1.82, 2.24) is 4.57 Å². The summed E-state index contributed by atoms with van der Waals surface area (Å²) in [6.45, 7) is 3.93. The van der Waals surface area contributed by atoms with Gasteiger partial charge in [0.05, 0.1) is 23.3 Å². The van der Waals surface area contributed by atoms with Gasteiger partial charge < -0.3 is 14.0 Å². The first-order valence-electron chi connectivity index (χ1n) is 9.85. The Kier molecular flexibility index (Phi) is 5.91. The van der Waals surface area contributed by atoms with Crippen molar-refractivity contribution >= 4 is 38.8 Å². The van der Waals surface area contributed by atoms with Crippen LogP contribution in [0.5, 0.6) is 5.75 Å². The molecule has 1 aromatic heterocycles. The minimum absolute atomic E-state index is 0.272. The number of para-hydroxylation sites is 1. The van der Waals surface area contributed by atoms with Crippen molar-refractivity contribution in [2.75, 3.05) is 6.61 Å². The van der Waals surface area contributed by atoms with Gasteiger partial charge in [-0.15, -0.1) is 0 Å². The van der Waals surface area contributed by atoms with Crippen molar-refractivity contribution < 1.29 is 19.1 Å². The second-order valence-electron chi connectivity index (χ2n) is 6.93. The monoisotopic (exact) mass is 477 g/mol. The van der Waals surface area contributed by atoms with E-state index >= 15 is 0 Å². The topological polar surface area (TPSA) is 57.5 Å². The Morgan fingerprint density at radius 3 is 2.42 bits per heavy atom. The smallest absolute Gasteiger partial charge is 0.343 e. The van der Waals surface area contributed by atoms with Crippen LogP contribution in [0.3, 0.4) is 0 Å². The fourth-order valence-corrected chi connectivity index (χ4v) is 4.01. The Morgan fingerprint density at radius 1 is 0.935 bits per heavy atom. The number of nitrogens with zero attached hydrogens (tertiary/aromatic N) is 1. The Balaban J connectivity index is 1.81. The molecule has 0 saturated heterocycles. The lowest BCUT2D eigenvalue weighted by Gasteiger charge is -2.09. The van der Waals surface area contributed by atoms with Gasteiger partial charge in [0, 0.05) is 21.2 Å². The van der Waals surface area contributed by atoms with E-state index < -0.39 is 11.9 Å². The number of rotatable bonds is 5. The average Bonchev–Trinajstić information content (AvgIpc) is 3.05. The fourth-order valence-electron chi connectivity index (χ4n) is 3.61. The molecule has 0 aliphatic rings. The normalized spacial score (nSPS) is 10.8. The van der Waals surface area contributed by atoms with Crippen LogP contribution in [0.25, 0.3) is 16.6 Å². The molecular weight excluding hydrogens is 458 g/mol. The van der Waals surface area contributed by atoms with Gasteiger partial charge in [0.15, 0.2) is 0 Å². The van der Waals surface area contributed by atoms with E-state index in [4.69, 9.17) is 9.47 Å². The van der Waals surface area contributed by atoms with E-state index in [0.717, 1.165) is 21.4 Å². The summed E-state index contributed by atoms with van der Waals surface area (Å²) < 4.78 is 13.7. The van der Waals surface area contributed by atoms with Gasteiger partial charge in [-0.05, 0) is 62.4 Å². The largest absolute Gasteiger partial charge is 0.462 e. The van der Waals surface area contributed by atoms with Crippen LogP contribution >= 0.6 is 15.9 Å². The van der Waals surface area contributed by atoms with E-state index in [1.54, 1.807) is 37.3 Å². The third-order valence-corrected chi connectivity index (χ3v) is 5.43. The molecule has 0 amide bonds. The summed E-state index contributed by atoms with van der Waals surface area (Å²) in [5.41, 5.74) is 3.41. The highest BCUT2D eigenvalue weighted by Crippen LogP contribution is 2.33. The van der Waals surface area contributed by atoms with Crippen LogP contribution < -0.4 is 4.74 Å². The first-order valence-corrected chi connectivity index (χ1v) is 10.6. The Hall–Kier alpha value is -3.38. The van der Waals surface area contributed by atoms with E-state index in [0.29, 0.717) is 22.3 Å². The zero-order chi connectivity index (χ0) is 22.0. The van der Waals surface area contributed by atoms with Crippen molar-refractivity contribution in [1.29, 1.82) is 0 Å². The Labute approximate surface area is 188 Å². The number of esters is 2. The van der Waals surface area contributed by atoms with Gasteiger partial charge in [-0.2, -0.15) is 0 Å². The number of hydrogen-bond donors (Lipinski definition) is 0.